The molecule has 0 bridgehead atoms. The van der Waals surface area contributed by atoms with E-state index in [1.807, 2.05) is 6.92 Å². The molecule has 0 saturated carbocycles. The summed E-state index contributed by atoms with van der Waals surface area (Å²) in [6.07, 6.45) is 0. The van der Waals surface area contributed by atoms with Gasteiger partial charge in [0, 0.05) is 11.1 Å². The Balaban J connectivity index is 2.69. The standard InChI is InChI=1S/C13H12O3/c1-8-6-10(13(16)12(15)7-8)9-4-2-3-5-11(9)14/h2-7,14-16H,1H3. The van der Waals surface area contributed by atoms with Gasteiger partial charge in [-0.1, -0.05) is 18.2 Å². The number of aryl methyl sites for hydroxylation is 1. The molecule has 0 fully saturated rings. The summed E-state index contributed by atoms with van der Waals surface area (Å²) in [4.78, 5) is 0. The predicted molar refractivity (Wildman–Crippen MR) is 61.6 cm³/mol. The van der Waals surface area contributed by atoms with Crippen LogP contribution in [0.5, 0.6) is 17.2 Å². The molecule has 82 valence electrons. The minimum Gasteiger partial charge on any atom is -0.507 e. The Morgan fingerprint density at radius 2 is 1.50 bits per heavy atom. The molecule has 0 spiro atoms. The summed E-state index contributed by atoms with van der Waals surface area (Å²) in [6.45, 7) is 1.81. The molecule has 0 heterocycles. The molecule has 2 rings (SSSR count). The van der Waals surface area contributed by atoms with E-state index in [1.54, 1.807) is 24.3 Å². The fourth-order valence-corrected chi connectivity index (χ4v) is 1.67. The van der Waals surface area contributed by atoms with Gasteiger partial charge in [-0.15, -0.1) is 0 Å². The van der Waals surface area contributed by atoms with Crippen molar-refractivity contribution in [2.75, 3.05) is 0 Å². The second-order valence-corrected chi connectivity index (χ2v) is 3.70. The Labute approximate surface area is 93.2 Å². The van der Waals surface area contributed by atoms with E-state index in [-0.39, 0.29) is 17.2 Å². The lowest BCUT2D eigenvalue weighted by Gasteiger charge is -2.09. The number of rotatable bonds is 1. The third-order valence-electron chi connectivity index (χ3n) is 2.43. The summed E-state index contributed by atoms with van der Waals surface area (Å²) in [5.74, 6) is -0.326. The number of hydrogen-bond acceptors (Lipinski definition) is 3. The average Bonchev–Trinajstić information content (AvgIpc) is 2.24. The molecule has 0 saturated heterocycles. The summed E-state index contributed by atoms with van der Waals surface area (Å²) in [7, 11) is 0. The van der Waals surface area contributed by atoms with Crippen molar-refractivity contribution in [1.29, 1.82) is 0 Å². The molecular weight excluding hydrogens is 204 g/mol. The number of benzene rings is 2. The molecule has 0 aliphatic rings. The second-order valence-electron chi connectivity index (χ2n) is 3.70. The quantitative estimate of drug-likeness (QED) is 0.642. The molecule has 0 atom stereocenters. The maximum absolute atomic E-state index is 9.74. The molecule has 0 aromatic heterocycles. The maximum atomic E-state index is 9.74. The molecule has 0 amide bonds. The Bertz CT molecular complexity index is 533. The van der Waals surface area contributed by atoms with Gasteiger partial charge < -0.3 is 15.3 Å². The van der Waals surface area contributed by atoms with E-state index in [1.165, 1.54) is 12.1 Å². The number of aromatic hydroxyl groups is 3. The smallest absolute Gasteiger partial charge is 0.165 e. The average molecular weight is 216 g/mol. The topological polar surface area (TPSA) is 60.7 Å². The zero-order valence-electron chi connectivity index (χ0n) is 8.81. The zero-order chi connectivity index (χ0) is 11.7. The van der Waals surface area contributed by atoms with Gasteiger partial charge >= 0.3 is 0 Å². The van der Waals surface area contributed by atoms with E-state index >= 15 is 0 Å². The van der Waals surface area contributed by atoms with Crippen molar-refractivity contribution in [2.24, 2.45) is 0 Å². The van der Waals surface area contributed by atoms with Crippen molar-refractivity contribution in [3.63, 3.8) is 0 Å². The lowest BCUT2D eigenvalue weighted by atomic mass is 10.0. The Kier molecular flexibility index (Phi) is 2.44. The fourth-order valence-electron chi connectivity index (χ4n) is 1.67. The third-order valence-corrected chi connectivity index (χ3v) is 2.43. The fraction of sp³-hybridized carbons (Fsp3) is 0.0769. The minimum absolute atomic E-state index is 0.0720. The van der Waals surface area contributed by atoms with Crippen molar-refractivity contribution in [3.05, 3.63) is 42.0 Å². The van der Waals surface area contributed by atoms with Crippen molar-refractivity contribution in [1.82, 2.24) is 0 Å². The predicted octanol–water partition coefficient (Wildman–Crippen LogP) is 2.78. The largest absolute Gasteiger partial charge is 0.507 e. The van der Waals surface area contributed by atoms with Crippen LogP contribution in [-0.4, -0.2) is 15.3 Å². The molecule has 2 aromatic rings. The summed E-state index contributed by atoms with van der Waals surface area (Å²) in [5.41, 5.74) is 1.74. The second kappa shape index (κ2) is 3.77. The van der Waals surface area contributed by atoms with E-state index in [0.717, 1.165) is 5.56 Å². The molecule has 0 unspecified atom stereocenters. The normalized spacial score (nSPS) is 10.3. The van der Waals surface area contributed by atoms with E-state index in [9.17, 15) is 15.3 Å². The van der Waals surface area contributed by atoms with E-state index < -0.39 is 0 Å². The molecule has 2 aromatic carbocycles. The highest BCUT2D eigenvalue weighted by molar-refractivity contribution is 5.78. The van der Waals surface area contributed by atoms with Crippen molar-refractivity contribution in [2.45, 2.75) is 6.92 Å². The van der Waals surface area contributed by atoms with Crippen molar-refractivity contribution in [3.8, 4) is 28.4 Å². The number of hydrogen-bond donors (Lipinski definition) is 3. The van der Waals surface area contributed by atoms with Crippen molar-refractivity contribution >= 4 is 0 Å². The molecule has 0 aliphatic carbocycles. The molecule has 0 radical (unpaired) electrons. The summed E-state index contributed by atoms with van der Waals surface area (Å²) < 4.78 is 0. The lowest BCUT2D eigenvalue weighted by molar-refractivity contribution is 0.404. The van der Waals surface area contributed by atoms with Crippen LogP contribution in [-0.2, 0) is 0 Å². The van der Waals surface area contributed by atoms with Crippen LogP contribution in [0, 0.1) is 6.92 Å². The van der Waals surface area contributed by atoms with Crippen LogP contribution in [0.25, 0.3) is 11.1 Å². The van der Waals surface area contributed by atoms with Crippen LogP contribution in [0.4, 0.5) is 0 Å². The highest BCUT2D eigenvalue weighted by Gasteiger charge is 2.12. The SMILES string of the molecule is Cc1cc(O)c(O)c(-c2ccccc2O)c1. The Morgan fingerprint density at radius 1 is 0.812 bits per heavy atom. The van der Waals surface area contributed by atoms with Crippen LogP contribution in [0.3, 0.4) is 0 Å². The minimum atomic E-state index is -0.216. The number of para-hydroxylation sites is 1. The van der Waals surface area contributed by atoms with Crippen LogP contribution in [0.15, 0.2) is 36.4 Å². The van der Waals surface area contributed by atoms with Gasteiger partial charge in [-0.05, 0) is 30.7 Å². The van der Waals surface area contributed by atoms with Crippen LogP contribution in [0.1, 0.15) is 5.56 Å². The van der Waals surface area contributed by atoms with E-state index in [4.69, 9.17) is 0 Å². The molecule has 3 nitrogen and oxygen atoms in total. The first-order valence-electron chi connectivity index (χ1n) is 4.90. The monoisotopic (exact) mass is 216 g/mol. The van der Waals surface area contributed by atoms with E-state index in [2.05, 4.69) is 0 Å². The first-order chi connectivity index (χ1) is 7.59. The van der Waals surface area contributed by atoms with Gasteiger partial charge in [-0.25, -0.2) is 0 Å². The van der Waals surface area contributed by atoms with Crippen LogP contribution >= 0.6 is 0 Å². The molecular formula is C13H12O3. The summed E-state index contributed by atoms with van der Waals surface area (Å²) in [5, 5.41) is 28.9. The van der Waals surface area contributed by atoms with Crippen LogP contribution < -0.4 is 0 Å². The Hall–Kier alpha value is -2.16. The summed E-state index contributed by atoms with van der Waals surface area (Å²) >= 11 is 0. The molecule has 3 N–H and O–H groups in total. The zero-order valence-corrected chi connectivity index (χ0v) is 8.81. The van der Waals surface area contributed by atoms with Gasteiger partial charge in [0.1, 0.15) is 5.75 Å². The van der Waals surface area contributed by atoms with E-state index in [0.29, 0.717) is 11.1 Å². The third kappa shape index (κ3) is 1.67. The van der Waals surface area contributed by atoms with Gasteiger partial charge in [0.25, 0.3) is 0 Å². The van der Waals surface area contributed by atoms with Crippen molar-refractivity contribution < 1.29 is 15.3 Å². The lowest BCUT2D eigenvalue weighted by Crippen LogP contribution is -1.83. The maximum Gasteiger partial charge on any atom is 0.165 e. The first kappa shape index (κ1) is 10.4. The van der Waals surface area contributed by atoms with Gasteiger partial charge in [-0.2, -0.15) is 0 Å². The van der Waals surface area contributed by atoms with Gasteiger partial charge in [0.05, 0.1) is 0 Å². The number of phenolic OH excluding ortho intramolecular Hbond substituents is 3. The highest BCUT2D eigenvalue weighted by atomic mass is 16.3. The van der Waals surface area contributed by atoms with Gasteiger partial charge in [-0.3, -0.25) is 0 Å². The highest BCUT2D eigenvalue weighted by Crippen LogP contribution is 2.40. The Morgan fingerprint density at radius 3 is 2.19 bits per heavy atom. The van der Waals surface area contributed by atoms with Gasteiger partial charge in [0.2, 0.25) is 0 Å². The molecule has 16 heavy (non-hydrogen) atoms. The molecule has 3 heteroatoms. The number of phenols is 3. The first-order valence-corrected chi connectivity index (χ1v) is 4.90. The molecule has 0 aliphatic heterocycles. The van der Waals surface area contributed by atoms with Gasteiger partial charge in [0.15, 0.2) is 11.5 Å². The van der Waals surface area contributed by atoms with Crippen LogP contribution in [0.2, 0.25) is 0 Å². The summed E-state index contributed by atoms with van der Waals surface area (Å²) in [6, 6.07) is 9.86.